The number of aromatic nitrogens is 1. The maximum Gasteiger partial charge on any atom is 0.573 e. The number of alkyl halides is 3. The van der Waals surface area contributed by atoms with Gasteiger partial charge in [0, 0.05) is 6.20 Å². The molecule has 3 nitrogen and oxygen atoms in total. The van der Waals surface area contributed by atoms with Gasteiger partial charge in [0.2, 0.25) is 0 Å². The highest BCUT2D eigenvalue weighted by Crippen LogP contribution is 2.26. The lowest BCUT2D eigenvalue weighted by molar-refractivity contribution is -0.274. The molecule has 0 fully saturated rings. The summed E-state index contributed by atoms with van der Waals surface area (Å²) in [4.78, 5) is 3.99. The molecule has 1 atom stereocenters. The van der Waals surface area contributed by atoms with E-state index < -0.39 is 12.4 Å². The van der Waals surface area contributed by atoms with Crippen LogP contribution in [0.15, 0.2) is 47.2 Å². The van der Waals surface area contributed by atoms with Crippen molar-refractivity contribution < 1.29 is 17.9 Å². The first kappa shape index (κ1) is 14.8. The fraction of sp³-hybridized carbons (Fsp3) is 0.154. The first-order chi connectivity index (χ1) is 9.35. The quantitative estimate of drug-likeness (QED) is 0.860. The van der Waals surface area contributed by atoms with Crippen LogP contribution in [0.5, 0.6) is 5.75 Å². The maximum atomic E-state index is 12.1. The van der Waals surface area contributed by atoms with E-state index in [0.717, 1.165) is 5.56 Å². The zero-order chi connectivity index (χ0) is 14.8. The molecule has 1 aromatic carbocycles. The standard InChI is InChI=1S/C13H10BrF3N2O/c14-11-7-9(5-6-19-11)12(18)8-1-3-10(4-2-8)20-13(15,16)17/h1-7,12H,18H2/t12-/m0/s1. The molecule has 1 aromatic heterocycles. The van der Waals surface area contributed by atoms with Crippen molar-refractivity contribution in [3.8, 4) is 5.75 Å². The normalized spacial score (nSPS) is 13.1. The summed E-state index contributed by atoms with van der Waals surface area (Å²) in [6.07, 6.45) is -3.10. The van der Waals surface area contributed by atoms with Crippen molar-refractivity contribution in [1.29, 1.82) is 0 Å². The first-order valence-corrected chi connectivity index (χ1v) is 6.37. The molecule has 2 rings (SSSR count). The highest BCUT2D eigenvalue weighted by Gasteiger charge is 2.31. The number of halogens is 4. The van der Waals surface area contributed by atoms with Crippen LogP contribution >= 0.6 is 15.9 Å². The van der Waals surface area contributed by atoms with Crippen LogP contribution in [0.1, 0.15) is 17.2 Å². The zero-order valence-corrected chi connectivity index (χ0v) is 11.6. The Labute approximate surface area is 121 Å². The molecule has 106 valence electrons. The van der Waals surface area contributed by atoms with Gasteiger partial charge >= 0.3 is 6.36 Å². The lowest BCUT2D eigenvalue weighted by Crippen LogP contribution is -2.17. The van der Waals surface area contributed by atoms with Gasteiger partial charge in [0.15, 0.2) is 0 Å². The first-order valence-electron chi connectivity index (χ1n) is 5.58. The number of nitrogens with zero attached hydrogens (tertiary/aromatic N) is 1. The monoisotopic (exact) mass is 346 g/mol. The SMILES string of the molecule is N[C@@H](c1ccc(OC(F)(F)F)cc1)c1ccnc(Br)c1. The van der Waals surface area contributed by atoms with Crippen molar-refractivity contribution >= 4 is 15.9 Å². The number of hydrogen-bond donors (Lipinski definition) is 1. The Kier molecular flexibility index (Phi) is 4.29. The Bertz CT molecular complexity index is 587. The van der Waals surface area contributed by atoms with Gasteiger partial charge in [-0.2, -0.15) is 0 Å². The number of benzene rings is 1. The summed E-state index contributed by atoms with van der Waals surface area (Å²) < 4.78 is 40.6. The van der Waals surface area contributed by atoms with Crippen molar-refractivity contribution in [3.05, 3.63) is 58.3 Å². The molecule has 1 heterocycles. The van der Waals surface area contributed by atoms with Crippen LogP contribution in [0.25, 0.3) is 0 Å². The van der Waals surface area contributed by atoms with Crippen molar-refractivity contribution in [2.75, 3.05) is 0 Å². The molecule has 0 aliphatic carbocycles. The molecule has 0 radical (unpaired) electrons. The molecular weight excluding hydrogens is 337 g/mol. The Morgan fingerprint density at radius 3 is 2.30 bits per heavy atom. The van der Waals surface area contributed by atoms with E-state index in [2.05, 4.69) is 25.7 Å². The van der Waals surface area contributed by atoms with Gasteiger partial charge in [-0.05, 0) is 51.3 Å². The zero-order valence-electron chi connectivity index (χ0n) is 10.1. The van der Waals surface area contributed by atoms with Crippen LogP contribution in [0.3, 0.4) is 0 Å². The van der Waals surface area contributed by atoms with E-state index in [1.807, 2.05) is 0 Å². The lowest BCUT2D eigenvalue weighted by Gasteiger charge is -2.14. The highest BCUT2D eigenvalue weighted by atomic mass is 79.9. The van der Waals surface area contributed by atoms with Gasteiger partial charge in [0.05, 0.1) is 6.04 Å². The molecule has 2 aromatic rings. The minimum atomic E-state index is -4.69. The molecular formula is C13H10BrF3N2O. The molecule has 0 saturated carbocycles. The van der Waals surface area contributed by atoms with Gasteiger partial charge < -0.3 is 10.5 Å². The van der Waals surface area contributed by atoms with Crippen molar-refractivity contribution in [2.24, 2.45) is 5.73 Å². The average Bonchev–Trinajstić information content (AvgIpc) is 2.37. The predicted molar refractivity (Wildman–Crippen MR) is 71.1 cm³/mol. The Balaban J connectivity index is 2.17. The van der Waals surface area contributed by atoms with E-state index in [-0.39, 0.29) is 5.75 Å². The lowest BCUT2D eigenvalue weighted by atomic mass is 10.0. The number of ether oxygens (including phenoxy) is 1. The summed E-state index contributed by atoms with van der Waals surface area (Å²) in [6, 6.07) is 8.52. The highest BCUT2D eigenvalue weighted by molar-refractivity contribution is 9.10. The van der Waals surface area contributed by atoms with E-state index in [0.29, 0.717) is 10.2 Å². The van der Waals surface area contributed by atoms with E-state index in [9.17, 15) is 13.2 Å². The third-order valence-corrected chi connectivity index (χ3v) is 3.02. The summed E-state index contributed by atoms with van der Waals surface area (Å²) >= 11 is 3.24. The van der Waals surface area contributed by atoms with Crippen LogP contribution in [-0.4, -0.2) is 11.3 Å². The van der Waals surface area contributed by atoms with E-state index in [4.69, 9.17) is 5.73 Å². The Morgan fingerprint density at radius 2 is 1.75 bits per heavy atom. The second-order valence-corrected chi connectivity index (χ2v) is 4.82. The molecule has 0 aliphatic rings. The van der Waals surface area contributed by atoms with Crippen molar-refractivity contribution in [1.82, 2.24) is 4.98 Å². The van der Waals surface area contributed by atoms with Crippen LogP contribution < -0.4 is 10.5 Å². The molecule has 0 amide bonds. The third-order valence-electron chi connectivity index (χ3n) is 2.58. The van der Waals surface area contributed by atoms with Crippen LogP contribution in [0.2, 0.25) is 0 Å². The van der Waals surface area contributed by atoms with Crippen molar-refractivity contribution in [3.63, 3.8) is 0 Å². The van der Waals surface area contributed by atoms with Gasteiger partial charge in [0.25, 0.3) is 0 Å². The molecule has 0 unspecified atom stereocenters. The van der Waals surface area contributed by atoms with Gasteiger partial charge in [-0.15, -0.1) is 13.2 Å². The largest absolute Gasteiger partial charge is 0.573 e. The molecule has 0 spiro atoms. The second-order valence-electron chi connectivity index (χ2n) is 4.01. The fourth-order valence-electron chi connectivity index (χ4n) is 1.68. The summed E-state index contributed by atoms with van der Waals surface area (Å²) in [5.41, 5.74) is 7.53. The maximum absolute atomic E-state index is 12.1. The Morgan fingerprint density at radius 1 is 1.10 bits per heavy atom. The van der Waals surface area contributed by atoms with Crippen molar-refractivity contribution in [2.45, 2.75) is 12.4 Å². The Hall–Kier alpha value is -1.60. The third kappa shape index (κ3) is 3.94. The van der Waals surface area contributed by atoms with Gasteiger partial charge in [0.1, 0.15) is 10.4 Å². The van der Waals surface area contributed by atoms with Gasteiger partial charge in [-0.1, -0.05) is 12.1 Å². The minimum absolute atomic E-state index is 0.274. The topological polar surface area (TPSA) is 48.1 Å². The molecule has 0 bridgehead atoms. The molecule has 20 heavy (non-hydrogen) atoms. The van der Waals surface area contributed by atoms with Crippen LogP contribution in [0.4, 0.5) is 13.2 Å². The average molecular weight is 347 g/mol. The minimum Gasteiger partial charge on any atom is -0.406 e. The summed E-state index contributed by atoms with van der Waals surface area (Å²) in [7, 11) is 0. The smallest absolute Gasteiger partial charge is 0.406 e. The summed E-state index contributed by atoms with van der Waals surface area (Å²) in [5.74, 6) is -0.274. The van der Waals surface area contributed by atoms with Gasteiger partial charge in [-0.25, -0.2) is 4.98 Å². The van der Waals surface area contributed by atoms with E-state index in [1.165, 1.54) is 24.3 Å². The second kappa shape index (κ2) is 5.80. The molecule has 2 N–H and O–H groups in total. The van der Waals surface area contributed by atoms with E-state index >= 15 is 0 Å². The van der Waals surface area contributed by atoms with Crippen LogP contribution in [0, 0.1) is 0 Å². The predicted octanol–water partition coefficient (Wildman–Crippen LogP) is 3.79. The van der Waals surface area contributed by atoms with Crippen LogP contribution in [-0.2, 0) is 0 Å². The molecule has 0 aliphatic heterocycles. The summed E-state index contributed by atoms with van der Waals surface area (Å²) in [6.45, 7) is 0. The van der Waals surface area contributed by atoms with Gasteiger partial charge in [-0.3, -0.25) is 0 Å². The molecule has 0 saturated heterocycles. The van der Waals surface area contributed by atoms with E-state index in [1.54, 1.807) is 18.3 Å². The number of pyridine rings is 1. The summed E-state index contributed by atoms with van der Waals surface area (Å²) in [5, 5.41) is 0. The number of rotatable bonds is 3. The molecule has 7 heteroatoms. The number of hydrogen-bond acceptors (Lipinski definition) is 3. The fourth-order valence-corrected chi connectivity index (χ4v) is 2.06. The number of nitrogens with two attached hydrogens (primary N) is 1.